The van der Waals surface area contributed by atoms with Crippen LogP contribution in [0.1, 0.15) is 20.7 Å². The zero-order chi connectivity index (χ0) is 16.1. The predicted molar refractivity (Wildman–Crippen MR) is 84.4 cm³/mol. The summed E-state index contributed by atoms with van der Waals surface area (Å²) in [5.74, 6) is -0.667. The molecular weight excluding hydrogens is 327 g/mol. The van der Waals surface area contributed by atoms with Crippen LogP contribution in [0.3, 0.4) is 0 Å². The van der Waals surface area contributed by atoms with Crippen molar-refractivity contribution in [2.45, 2.75) is 0 Å². The highest BCUT2D eigenvalue weighted by Gasteiger charge is 2.14. The molecule has 0 saturated heterocycles. The van der Waals surface area contributed by atoms with Crippen LogP contribution in [-0.2, 0) is 0 Å². The van der Waals surface area contributed by atoms with Crippen LogP contribution in [0.25, 0.3) is 0 Å². The minimum Gasteiger partial charge on any atom is -0.496 e. The van der Waals surface area contributed by atoms with E-state index in [0.29, 0.717) is 21.4 Å². The van der Waals surface area contributed by atoms with Crippen LogP contribution in [0, 0.1) is 0 Å². The number of rotatable bonds is 3. The zero-order valence-corrected chi connectivity index (χ0v) is 13.0. The molecule has 0 aliphatic heterocycles. The molecular formula is C15H12Cl2N2O3. The molecule has 5 nitrogen and oxygen atoms in total. The van der Waals surface area contributed by atoms with Crippen LogP contribution in [0.4, 0.5) is 0 Å². The van der Waals surface area contributed by atoms with Crippen molar-refractivity contribution >= 4 is 35.0 Å². The molecule has 0 fully saturated rings. The van der Waals surface area contributed by atoms with Gasteiger partial charge in [0.2, 0.25) is 0 Å². The van der Waals surface area contributed by atoms with Crippen LogP contribution in [0.15, 0.2) is 42.5 Å². The van der Waals surface area contributed by atoms with E-state index in [1.165, 1.54) is 19.2 Å². The molecule has 2 aromatic carbocycles. The monoisotopic (exact) mass is 338 g/mol. The number of nitrogens with one attached hydrogen (secondary N) is 2. The van der Waals surface area contributed by atoms with E-state index >= 15 is 0 Å². The first-order valence-electron chi connectivity index (χ1n) is 6.21. The van der Waals surface area contributed by atoms with Gasteiger partial charge in [-0.1, -0.05) is 23.2 Å². The number of benzene rings is 2. The van der Waals surface area contributed by atoms with Gasteiger partial charge in [0.25, 0.3) is 11.8 Å². The number of methoxy groups -OCH3 is 1. The minimum atomic E-state index is -0.518. The lowest BCUT2D eigenvalue weighted by Crippen LogP contribution is -2.41. The van der Waals surface area contributed by atoms with Gasteiger partial charge in [0.05, 0.1) is 12.7 Å². The van der Waals surface area contributed by atoms with Crippen LogP contribution in [0.2, 0.25) is 10.0 Å². The van der Waals surface area contributed by atoms with E-state index in [-0.39, 0.29) is 5.56 Å². The molecule has 0 radical (unpaired) electrons. The van der Waals surface area contributed by atoms with Gasteiger partial charge in [0, 0.05) is 15.6 Å². The molecule has 114 valence electrons. The lowest BCUT2D eigenvalue weighted by molar-refractivity contribution is 0.0845. The molecule has 7 heteroatoms. The molecule has 22 heavy (non-hydrogen) atoms. The van der Waals surface area contributed by atoms with Crippen molar-refractivity contribution in [1.29, 1.82) is 0 Å². The van der Waals surface area contributed by atoms with Crippen molar-refractivity contribution in [2.24, 2.45) is 0 Å². The fourth-order valence-corrected chi connectivity index (χ4v) is 2.00. The molecule has 0 aliphatic rings. The minimum absolute atomic E-state index is 0.253. The smallest absolute Gasteiger partial charge is 0.273 e. The standard InChI is InChI=1S/C15H12Cl2N2O3/c1-22-13-8-11(17)6-7-12(13)15(21)19-18-14(20)9-2-4-10(16)5-3-9/h2-8H,1H3,(H,18,20)(H,19,21). The fourth-order valence-electron chi connectivity index (χ4n) is 1.71. The van der Waals surface area contributed by atoms with Crippen molar-refractivity contribution in [3.05, 3.63) is 63.6 Å². The van der Waals surface area contributed by atoms with Gasteiger partial charge < -0.3 is 4.74 Å². The maximum atomic E-state index is 12.1. The van der Waals surface area contributed by atoms with E-state index in [4.69, 9.17) is 27.9 Å². The van der Waals surface area contributed by atoms with Gasteiger partial charge in [0.1, 0.15) is 5.75 Å². The van der Waals surface area contributed by atoms with Gasteiger partial charge in [-0.15, -0.1) is 0 Å². The van der Waals surface area contributed by atoms with E-state index in [1.54, 1.807) is 30.3 Å². The van der Waals surface area contributed by atoms with Crippen LogP contribution >= 0.6 is 23.2 Å². The Bertz CT molecular complexity index is 702. The Labute approximate surface area is 137 Å². The topological polar surface area (TPSA) is 67.4 Å². The highest BCUT2D eigenvalue weighted by atomic mass is 35.5. The van der Waals surface area contributed by atoms with Gasteiger partial charge in [-0.3, -0.25) is 20.4 Å². The van der Waals surface area contributed by atoms with E-state index in [2.05, 4.69) is 10.9 Å². The Morgan fingerprint density at radius 1 is 0.909 bits per heavy atom. The molecule has 2 rings (SSSR count). The summed E-state index contributed by atoms with van der Waals surface area (Å²) in [4.78, 5) is 23.9. The lowest BCUT2D eigenvalue weighted by Gasteiger charge is -2.10. The molecule has 0 saturated carbocycles. The summed E-state index contributed by atoms with van der Waals surface area (Å²) in [5, 5.41) is 0.963. The first-order valence-corrected chi connectivity index (χ1v) is 6.96. The number of carbonyl (C=O) groups is 2. The number of hydrogen-bond acceptors (Lipinski definition) is 3. The number of hydrazine groups is 1. The van der Waals surface area contributed by atoms with Crippen molar-refractivity contribution < 1.29 is 14.3 Å². The van der Waals surface area contributed by atoms with Gasteiger partial charge >= 0.3 is 0 Å². The third-order valence-corrected chi connectivity index (χ3v) is 3.29. The molecule has 0 atom stereocenters. The molecule has 2 amide bonds. The molecule has 0 heterocycles. The summed E-state index contributed by atoms with van der Waals surface area (Å²) < 4.78 is 5.08. The van der Waals surface area contributed by atoms with Gasteiger partial charge in [-0.05, 0) is 42.5 Å². The molecule has 0 aliphatic carbocycles. The summed E-state index contributed by atoms with van der Waals surface area (Å²) >= 11 is 11.6. The van der Waals surface area contributed by atoms with Crippen molar-refractivity contribution in [3.63, 3.8) is 0 Å². The third kappa shape index (κ3) is 3.90. The van der Waals surface area contributed by atoms with Crippen molar-refractivity contribution in [2.75, 3.05) is 7.11 Å². The van der Waals surface area contributed by atoms with Crippen LogP contribution in [-0.4, -0.2) is 18.9 Å². The summed E-state index contributed by atoms with van der Waals surface area (Å²) in [7, 11) is 1.43. The quantitative estimate of drug-likeness (QED) is 0.845. The second-order valence-corrected chi connectivity index (χ2v) is 5.13. The Morgan fingerprint density at radius 3 is 2.14 bits per heavy atom. The van der Waals surface area contributed by atoms with Gasteiger partial charge in [-0.2, -0.15) is 0 Å². The maximum absolute atomic E-state index is 12.1. The molecule has 0 aromatic heterocycles. The van der Waals surface area contributed by atoms with Crippen LogP contribution in [0.5, 0.6) is 5.75 Å². The molecule has 0 bridgehead atoms. The predicted octanol–water partition coefficient (Wildman–Crippen LogP) is 3.08. The summed E-state index contributed by atoms with van der Waals surface area (Å²) in [6, 6.07) is 10.8. The van der Waals surface area contributed by atoms with E-state index in [0.717, 1.165) is 0 Å². The molecule has 0 unspecified atom stereocenters. The average molecular weight is 339 g/mol. The molecule has 2 aromatic rings. The fraction of sp³-hybridized carbons (Fsp3) is 0.0667. The number of hydrogen-bond donors (Lipinski definition) is 2. The molecule has 2 N–H and O–H groups in total. The van der Waals surface area contributed by atoms with E-state index < -0.39 is 11.8 Å². The second kappa shape index (κ2) is 7.15. The normalized spacial score (nSPS) is 9.95. The van der Waals surface area contributed by atoms with Crippen LogP contribution < -0.4 is 15.6 Å². The van der Waals surface area contributed by atoms with E-state index in [1.807, 2.05) is 0 Å². The van der Waals surface area contributed by atoms with Crippen molar-refractivity contribution in [3.8, 4) is 5.75 Å². The number of carbonyl (C=O) groups excluding carboxylic acids is 2. The number of halogens is 2. The highest BCUT2D eigenvalue weighted by molar-refractivity contribution is 6.31. The Balaban J connectivity index is 2.03. The SMILES string of the molecule is COc1cc(Cl)ccc1C(=O)NNC(=O)c1ccc(Cl)cc1. The summed E-state index contributed by atoms with van der Waals surface area (Å²) in [6.45, 7) is 0. The second-order valence-electron chi connectivity index (χ2n) is 4.26. The van der Waals surface area contributed by atoms with Gasteiger partial charge in [0.15, 0.2) is 0 Å². The first-order chi connectivity index (χ1) is 10.5. The third-order valence-electron chi connectivity index (χ3n) is 2.80. The first kappa shape index (κ1) is 16.1. The van der Waals surface area contributed by atoms with E-state index in [9.17, 15) is 9.59 Å². The summed E-state index contributed by atoms with van der Waals surface area (Å²) in [5.41, 5.74) is 5.25. The Kier molecular flexibility index (Phi) is 5.25. The maximum Gasteiger partial charge on any atom is 0.273 e. The Hall–Kier alpha value is -2.24. The number of ether oxygens (including phenoxy) is 1. The average Bonchev–Trinajstić information content (AvgIpc) is 2.52. The lowest BCUT2D eigenvalue weighted by atomic mass is 10.2. The Morgan fingerprint density at radius 2 is 1.50 bits per heavy atom. The largest absolute Gasteiger partial charge is 0.496 e. The van der Waals surface area contributed by atoms with Gasteiger partial charge in [-0.25, -0.2) is 0 Å². The molecule has 0 spiro atoms. The number of amides is 2. The van der Waals surface area contributed by atoms with Crippen molar-refractivity contribution in [1.82, 2.24) is 10.9 Å². The zero-order valence-electron chi connectivity index (χ0n) is 11.5. The summed E-state index contributed by atoms with van der Waals surface area (Å²) in [6.07, 6.45) is 0. The highest BCUT2D eigenvalue weighted by Crippen LogP contribution is 2.22.